The van der Waals surface area contributed by atoms with E-state index in [2.05, 4.69) is 36.2 Å². The fraction of sp³-hybridized carbons (Fsp3) is 0.270. The van der Waals surface area contributed by atoms with E-state index in [9.17, 15) is 14.0 Å². The minimum absolute atomic E-state index is 0.0534. The van der Waals surface area contributed by atoms with Gasteiger partial charge in [-0.15, -0.1) is 0 Å². The summed E-state index contributed by atoms with van der Waals surface area (Å²) in [6, 6.07) is 15.1. The van der Waals surface area contributed by atoms with E-state index >= 15 is 0 Å². The third kappa shape index (κ3) is 6.82. The molecule has 2 aromatic heterocycles. The second-order valence-corrected chi connectivity index (χ2v) is 13.0. The van der Waals surface area contributed by atoms with Crippen molar-refractivity contribution in [3.05, 3.63) is 118 Å². The highest BCUT2D eigenvalue weighted by molar-refractivity contribution is 6.30. The number of pyridine rings is 1. The molecule has 1 aliphatic carbocycles. The molecule has 0 radical (unpaired) electrons. The zero-order valence-corrected chi connectivity index (χ0v) is 27.7. The van der Waals surface area contributed by atoms with Gasteiger partial charge in [-0.1, -0.05) is 35.9 Å². The van der Waals surface area contributed by atoms with Gasteiger partial charge in [0.15, 0.2) is 0 Å². The highest BCUT2D eigenvalue weighted by Crippen LogP contribution is 2.27. The van der Waals surface area contributed by atoms with E-state index in [1.807, 2.05) is 18.2 Å². The summed E-state index contributed by atoms with van der Waals surface area (Å²) < 4.78 is 28.0. The van der Waals surface area contributed by atoms with Crippen molar-refractivity contribution in [2.75, 3.05) is 19.7 Å². The van der Waals surface area contributed by atoms with Crippen LogP contribution in [0.1, 0.15) is 40.3 Å². The lowest BCUT2D eigenvalue weighted by molar-refractivity contribution is -0.0591. The van der Waals surface area contributed by atoms with E-state index in [0.29, 0.717) is 53.1 Å². The van der Waals surface area contributed by atoms with Crippen LogP contribution < -0.4 is 15.4 Å². The molecular weight excluding hydrogens is 661 g/mol. The number of allylic oxidation sites excluding steroid dienone is 2. The molecule has 3 aliphatic heterocycles. The van der Waals surface area contributed by atoms with Crippen molar-refractivity contribution in [1.82, 2.24) is 30.1 Å². The maximum Gasteiger partial charge on any atom is 0.319 e. The molecule has 2 atom stereocenters. The van der Waals surface area contributed by atoms with Crippen LogP contribution in [-0.4, -0.2) is 68.9 Å². The highest BCUT2D eigenvalue weighted by Gasteiger charge is 2.27. The number of aromatic nitrogens is 3. The van der Waals surface area contributed by atoms with Gasteiger partial charge in [-0.3, -0.25) is 9.69 Å². The number of hydrogen-bond acceptors (Lipinski definition) is 7. The first-order valence-electron chi connectivity index (χ1n) is 16.5. The molecule has 50 heavy (non-hydrogen) atoms. The second kappa shape index (κ2) is 13.6. The van der Waals surface area contributed by atoms with E-state index in [-0.39, 0.29) is 30.7 Å². The van der Waals surface area contributed by atoms with Crippen LogP contribution in [0.2, 0.25) is 5.02 Å². The van der Waals surface area contributed by atoms with E-state index < -0.39 is 5.82 Å². The Labute approximate surface area is 292 Å². The molecule has 0 bridgehead atoms. The van der Waals surface area contributed by atoms with Crippen LogP contribution in [0.4, 0.5) is 9.18 Å². The lowest BCUT2D eigenvalue weighted by Crippen LogP contribution is -2.33. The molecule has 254 valence electrons. The monoisotopic (exact) mass is 693 g/mol. The molecule has 11 nitrogen and oxygen atoms in total. The van der Waals surface area contributed by atoms with Crippen LogP contribution in [0.3, 0.4) is 0 Å². The number of halogens is 2. The Bertz CT molecular complexity index is 2140. The van der Waals surface area contributed by atoms with Gasteiger partial charge in [0.25, 0.3) is 5.91 Å². The largest absolute Gasteiger partial charge is 0.473 e. The minimum Gasteiger partial charge on any atom is -0.473 e. The van der Waals surface area contributed by atoms with Gasteiger partial charge in [-0.05, 0) is 67.0 Å². The third-order valence-electron chi connectivity index (χ3n) is 9.23. The number of benzene rings is 2. The number of nitrogens with zero attached hydrogens (tertiary/aromatic N) is 5. The van der Waals surface area contributed by atoms with Crippen LogP contribution in [-0.2, 0) is 24.4 Å². The lowest BCUT2D eigenvalue weighted by Gasteiger charge is -2.29. The van der Waals surface area contributed by atoms with Crippen molar-refractivity contribution in [1.29, 1.82) is 0 Å². The van der Waals surface area contributed by atoms with Crippen molar-refractivity contribution in [2.45, 2.75) is 44.7 Å². The molecule has 3 amide bonds. The van der Waals surface area contributed by atoms with Gasteiger partial charge in [0.1, 0.15) is 18.2 Å². The first kappa shape index (κ1) is 32.1. The summed E-state index contributed by atoms with van der Waals surface area (Å²) >= 11 is 5.87. The molecule has 13 heteroatoms. The van der Waals surface area contributed by atoms with Crippen LogP contribution in [0.25, 0.3) is 16.6 Å². The molecule has 2 saturated heterocycles. The SMILES string of the molecule is O=C1NC2=CC(=NC(=O)c3ccc4c(c3)nc(CN3CC=C(c5cccc(OCc6ccc(Cl)cc6F)n5)CC3)n4C[C@@H]3CCO3)C=CC2N1. The molecule has 4 aliphatic rings. The van der Waals surface area contributed by atoms with E-state index in [1.54, 1.807) is 48.6 Å². The first-order chi connectivity index (χ1) is 24.3. The summed E-state index contributed by atoms with van der Waals surface area (Å²) in [6.45, 7) is 3.64. The van der Waals surface area contributed by atoms with Gasteiger partial charge in [0, 0.05) is 47.6 Å². The molecular formula is C37H33ClFN7O4. The maximum absolute atomic E-state index is 14.2. The summed E-state index contributed by atoms with van der Waals surface area (Å²) in [7, 11) is 0. The van der Waals surface area contributed by atoms with E-state index in [0.717, 1.165) is 54.1 Å². The normalized spacial score (nSPS) is 20.9. The molecule has 0 saturated carbocycles. The topological polar surface area (TPSA) is 123 Å². The summed E-state index contributed by atoms with van der Waals surface area (Å²) in [5.41, 5.74) is 5.60. The highest BCUT2D eigenvalue weighted by atomic mass is 35.5. The Balaban J connectivity index is 0.966. The zero-order chi connectivity index (χ0) is 34.2. The summed E-state index contributed by atoms with van der Waals surface area (Å²) in [6.07, 6.45) is 9.32. The number of rotatable bonds is 9. The van der Waals surface area contributed by atoms with Crippen molar-refractivity contribution in [3.63, 3.8) is 0 Å². The Hall–Kier alpha value is -5.17. The predicted molar refractivity (Wildman–Crippen MR) is 186 cm³/mol. The number of fused-ring (bicyclic) bond motifs is 2. The van der Waals surface area contributed by atoms with Gasteiger partial charge >= 0.3 is 6.03 Å². The quantitative estimate of drug-likeness (QED) is 0.234. The average Bonchev–Trinajstić information content (AvgIpc) is 3.64. The Morgan fingerprint density at radius 1 is 1.16 bits per heavy atom. The number of ether oxygens (including phenoxy) is 2. The fourth-order valence-electron chi connectivity index (χ4n) is 6.42. The van der Waals surface area contributed by atoms with E-state index in [1.165, 1.54) is 6.07 Å². The molecule has 1 unspecified atom stereocenters. The Morgan fingerprint density at radius 2 is 2.06 bits per heavy atom. The van der Waals surface area contributed by atoms with Crippen molar-refractivity contribution in [2.24, 2.45) is 4.99 Å². The number of carbonyl (C=O) groups is 2. The Kier molecular flexibility index (Phi) is 8.73. The third-order valence-corrected chi connectivity index (χ3v) is 9.46. The summed E-state index contributed by atoms with van der Waals surface area (Å²) in [4.78, 5) is 41.2. The Morgan fingerprint density at radius 3 is 2.86 bits per heavy atom. The van der Waals surface area contributed by atoms with Crippen LogP contribution in [0.5, 0.6) is 5.88 Å². The van der Waals surface area contributed by atoms with Gasteiger partial charge in [0.2, 0.25) is 5.88 Å². The van der Waals surface area contributed by atoms with Crippen molar-refractivity contribution >= 4 is 45.9 Å². The fourth-order valence-corrected chi connectivity index (χ4v) is 6.58. The number of nitrogens with one attached hydrogen (secondary N) is 2. The van der Waals surface area contributed by atoms with E-state index in [4.69, 9.17) is 26.1 Å². The molecule has 2 N–H and O–H groups in total. The van der Waals surface area contributed by atoms with Gasteiger partial charge in [0.05, 0.1) is 47.7 Å². The van der Waals surface area contributed by atoms with Crippen LogP contribution in [0.15, 0.2) is 89.6 Å². The first-order valence-corrected chi connectivity index (χ1v) is 16.9. The predicted octanol–water partition coefficient (Wildman–Crippen LogP) is 5.60. The average molecular weight is 694 g/mol. The lowest BCUT2D eigenvalue weighted by atomic mass is 10.0. The molecule has 5 heterocycles. The van der Waals surface area contributed by atoms with Gasteiger partial charge < -0.3 is 24.7 Å². The van der Waals surface area contributed by atoms with Crippen LogP contribution >= 0.6 is 11.6 Å². The molecule has 0 spiro atoms. The molecule has 2 aromatic carbocycles. The second-order valence-electron chi connectivity index (χ2n) is 12.6. The maximum atomic E-state index is 14.2. The molecule has 8 rings (SSSR count). The van der Waals surface area contributed by atoms with Crippen LogP contribution in [0, 0.1) is 5.82 Å². The number of amides is 3. The number of urea groups is 1. The minimum atomic E-state index is -0.412. The van der Waals surface area contributed by atoms with Gasteiger partial charge in [-0.25, -0.2) is 24.1 Å². The molecule has 4 aromatic rings. The van der Waals surface area contributed by atoms with Gasteiger partial charge in [-0.2, -0.15) is 0 Å². The summed E-state index contributed by atoms with van der Waals surface area (Å²) in [5.74, 6) is 0.537. The van der Waals surface area contributed by atoms with Crippen molar-refractivity contribution < 1.29 is 23.5 Å². The van der Waals surface area contributed by atoms with Crippen molar-refractivity contribution in [3.8, 4) is 5.88 Å². The summed E-state index contributed by atoms with van der Waals surface area (Å²) in [5, 5.41) is 5.84. The number of imidazole rings is 1. The standard InChI is InChI=1S/C37H33ClFN7O4/c38-25-6-4-24(28(39)17-25)21-50-35-3-1-2-29(42-35)22-10-13-45(14-11-22)20-34-41-32-16-23(5-9-33(32)46(34)19-27-12-15-49-27)36(47)40-26-7-8-30-31(18-26)44-37(48)43-30/h1-10,16-18,27,30H,11-15,19-21H2,(H2,43,44,48)/t27-,30?/m0/s1. The zero-order valence-electron chi connectivity index (χ0n) is 26.9. The number of aliphatic imine (C=N–C) groups is 1. The number of hydrogen-bond donors (Lipinski definition) is 2. The molecule has 2 fully saturated rings. The smallest absolute Gasteiger partial charge is 0.319 e. The number of carbonyl (C=O) groups excluding carboxylic acids is 2.